The molecule has 1 amide bonds. The number of amides is 1. The second-order valence-electron chi connectivity index (χ2n) is 7.44. The van der Waals surface area contributed by atoms with Gasteiger partial charge in [-0.15, -0.1) is 21.5 Å². The minimum Gasteiger partial charge on any atom is -0.327 e. The normalized spacial score (nSPS) is 14.7. The summed E-state index contributed by atoms with van der Waals surface area (Å²) < 4.78 is 2.02. The molecular weight excluding hydrogens is 416 g/mol. The van der Waals surface area contributed by atoms with Gasteiger partial charge >= 0.3 is 0 Å². The van der Waals surface area contributed by atoms with Crippen LogP contribution in [0, 0.1) is 0 Å². The number of thioether (sulfide) groups is 1. The van der Waals surface area contributed by atoms with Gasteiger partial charge in [-0.1, -0.05) is 36.9 Å². The molecule has 3 heterocycles. The monoisotopic (exact) mass is 438 g/mol. The summed E-state index contributed by atoms with van der Waals surface area (Å²) in [7, 11) is 1.97. The molecule has 9 heteroatoms. The number of hydrogen-bond donors (Lipinski definition) is 1. The molecule has 0 bridgehead atoms. The molecule has 1 aliphatic rings. The molecule has 154 valence electrons. The Hall–Kier alpha value is -2.52. The van der Waals surface area contributed by atoms with E-state index in [0.717, 1.165) is 40.6 Å². The molecule has 0 unspecified atom stereocenters. The molecule has 1 aromatic carbocycles. The number of para-hydroxylation sites is 1. The van der Waals surface area contributed by atoms with E-state index in [1.165, 1.54) is 29.5 Å². The Kier molecular flexibility index (Phi) is 5.16. The van der Waals surface area contributed by atoms with E-state index in [-0.39, 0.29) is 11.2 Å². The van der Waals surface area contributed by atoms with E-state index in [1.807, 2.05) is 42.8 Å². The molecule has 0 saturated heterocycles. The van der Waals surface area contributed by atoms with Gasteiger partial charge in [0.25, 0.3) is 0 Å². The topological polar surface area (TPSA) is 85.6 Å². The first-order valence-electron chi connectivity index (χ1n) is 10.2. The maximum Gasteiger partial charge on any atom is 0.239 e. The summed E-state index contributed by atoms with van der Waals surface area (Å²) in [6.07, 6.45) is 5.13. The standard InChI is InChI=1S/C21H22N6OS2/c1-3-15(19(28)24-20-22-13-9-5-7-11-16(13)30-20)29-21-23-18-17(25-26-21)12-8-4-6-10-14(12)27(18)2/h4,6,8,10,15H,3,5,7,9,11H2,1-2H3,(H,22,24,28)/t15-/m1/s1. The Labute approximate surface area is 182 Å². The average molecular weight is 439 g/mol. The Bertz CT molecular complexity index is 1220. The third-order valence-corrected chi connectivity index (χ3v) is 7.76. The van der Waals surface area contributed by atoms with Crippen LogP contribution in [0.25, 0.3) is 22.1 Å². The van der Waals surface area contributed by atoms with Crippen molar-refractivity contribution in [3.63, 3.8) is 0 Å². The van der Waals surface area contributed by atoms with E-state index < -0.39 is 0 Å². The van der Waals surface area contributed by atoms with Gasteiger partial charge < -0.3 is 9.88 Å². The van der Waals surface area contributed by atoms with Crippen LogP contribution in [0.2, 0.25) is 0 Å². The van der Waals surface area contributed by atoms with Gasteiger partial charge in [-0.25, -0.2) is 9.97 Å². The number of carbonyl (C=O) groups excluding carboxylic acids is 1. The molecule has 1 atom stereocenters. The fourth-order valence-corrected chi connectivity index (χ4v) is 5.75. The number of aromatic nitrogens is 5. The second-order valence-corrected chi connectivity index (χ2v) is 9.70. The first-order valence-corrected chi connectivity index (χ1v) is 11.9. The largest absolute Gasteiger partial charge is 0.327 e. The SMILES string of the molecule is CC[C@@H](Sc1nnc2c3ccccc3n(C)c2n1)C(=O)Nc1nc2c(s1)CCCC2. The van der Waals surface area contributed by atoms with Gasteiger partial charge in [-0.05, 0) is 38.2 Å². The van der Waals surface area contributed by atoms with Gasteiger partial charge in [0.1, 0.15) is 5.52 Å². The van der Waals surface area contributed by atoms with Crippen molar-refractivity contribution in [3.05, 3.63) is 34.8 Å². The van der Waals surface area contributed by atoms with Gasteiger partial charge in [-0.2, -0.15) is 0 Å². The third-order valence-electron chi connectivity index (χ3n) is 5.47. The zero-order valence-corrected chi connectivity index (χ0v) is 18.5. The zero-order chi connectivity index (χ0) is 20.7. The van der Waals surface area contributed by atoms with Crippen molar-refractivity contribution in [1.82, 2.24) is 24.7 Å². The predicted octanol–water partition coefficient (Wildman–Crippen LogP) is 4.36. The number of hydrogen-bond acceptors (Lipinski definition) is 7. The van der Waals surface area contributed by atoms with E-state index in [0.29, 0.717) is 16.7 Å². The number of carbonyl (C=O) groups is 1. The molecule has 0 saturated carbocycles. The van der Waals surface area contributed by atoms with Crippen LogP contribution >= 0.6 is 23.1 Å². The summed E-state index contributed by atoms with van der Waals surface area (Å²) in [5.41, 5.74) is 3.77. The molecule has 30 heavy (non-hydrogen) atoms. The van der Waals surface area contributed by atoms with E-state index in [9.17, 15) is 4.79 Å². The van der Waals surface area contributed by atoms with Crippen LogP contribution < -0.4 is 5.32 Å². The number of rotatable bonds is 5. The van der Waals surface area contributed by atoms with Crippen molar-refractivity contribution in [2.75, 3.05) is 5.32 Å². The zero-order valence-electron chi connectivity index (χ0n) is 16.9. The van der Waals surface area contributed by atoms with Crippen molar-refractivity contribution in [1.29, 1.82) is 0 Å². The molecule has 4 aromatic rings. The molecule has 0 radical (unpaired) electrons. The maximum atomic E-state index is 12.9. The lowest BCUT2D eigenvalue weighted by molar-refractivity contribution is -0.115. The fourth-order valence-electron chi connectivity index (χ4n) is 3.88. The molecule has 1 N–H and O–H groups in total. The smallest absolute Gasteiger partial charge is 0.239 e. The Morgan fingerprint density at radius 2 is 2.07 bits per heavy atom. The third kappa shape index (κ3) is 3.45. The van der Waals surface area contributed by atoms with Crippen molar-refractivity contribution in [3.8, 4) is 0 Å². The highest BCUT2D eigenvalue weighted by molar-refractivity contribution is 8.00. The lowest BCUT2D eigenvalue weighted by atomic mass is 10.0. The number of nitrogens with one attached hydrogen (secondary N) is 1. The quantitative estimate of drug-likeness (QED) is 0.466. The predicted molar refractivity (Wildman–Crippen MR) is 121 cm³/mol. The first-order chi connectivity index (χ1) is 14.6. The van der Waals surface area contributed by atoms with E-state index in [2.05, 4.69) is 20.5 Å². The van der Waals surface area contributed by atoms with E-state index >= 15 is 0 Å². The molecule has 0 aliphatic heterocycles. The lowest BCUT2D eigenvalue weighted by Gasteiger charge is -2.12. The summed E-state index contributed by atoms with van der Waals surface area (Å²) in [6, 6.07) is 8.05. The number of fused-ring (bicyclic) bond motifs is 4. The summed E-state index contributed by atoms with van der Waals surface area (Å²) >= 11 is 2.96. The van der Waals surface area contributed by atoms with Gasteiger partial charge in [0, 0.05) is 17.3 Å². The second kappa shape index (κ2) is 7.96. The minimum absolute atomic E-state index is 0.0608. The number of thiazole rings is 1. The summed E-state index contributed by atoms with van der Waals surface area (Å²) in [4.78, 5) is 23.5. The van der Waals surface area contributed by atoms with Crippen LogP contribution in [0.5, 0.6) is 0 Å². The highest BCUT2D eigenvalue weighted by Gasteiger charge is 2.23. The molecule has 3 aromatic heterocycles. The fraction of sp³-hybridized carbons (Fsp3) is 0.381. The molecule has 5 rings (SSSR count). The summed E-state index contributed by atoms with van der Waals surface area (Å²) in [5, 5.41) is 13.6. The van der Waals surface area contributed by atoms with Crippen LogP contribution in [-0.4, -0.2) is 35.9 Å². The van der Waals surface area contributed by atoms with Crippen molar-refractivity contribution in [2.45, 2.75) is 49.4 Å². The Morgan fingerprint density at radius 3 is 2.90 bits per heavy atom. The number of anilines is 1. The van der Waals surface area contributed by atoms with Crippen LogP contribution in [0.1, 0.15) is 36.8 Å². The molecule has 0 fully saturated rings. The molecule has 7 nitrogen and oxygen atoms in total. The van der Waals surface area contributed by atoms with Gasteiger partial charge in [-0.3, -0.25) is 4.79 Å². The highest BCUT2D eigenvalue weighted by atomic mass is 32.2. The number of aryl methyl sites for hydroxylation is 3. The summed E-state index contributed by atoms with van der Waals surface area (Å²) in [5.74, 6) is -0.0608. The average Bonchev–Trinajstić information content (AvgIpc) is 3.30. The van der Waals surface area contributed by atoms with Crippen LogP contribution in [0.3, 0.4) is 0 Å². The molecular formula is C21H22N6OS2. The van der Waals surface area contributed by atoms with E-state index in [4.69, 9.17) is 4.98 Å². The highest BCUT2D eigenvalue weighted by Crippen LogP contribution is 2.31. The van der Waals surface area contributed by atoms with Crippen LogP contribution in [0.4, 0.5) is 5.13 Å². The minimum atomic E-state index is -0.306. The lowest BCUT2D eigenvalue weighted by Crippen LogP contribution is -2.24. The summed E-state index contributed by atoms with van der Waals surface area (Å²) in [6.45, 7) is 1.99. The van der Waals surface area contributed by atoms with Crippen LogP contribution in [0.15, 0.2) is 29.4 Å². The van der Waals surface area contributed by atoms with Gasteiger partial charge in [0.05, 0.1) is 16.5 Å². The molecule has 0 spiro atoms. The van der Waals surface area contributed by atoms with E-state index in [1.54, 1.807) is 11.3 Å². The number of benzene rings is 1. The Morgan fingerprint density at radius 1 is 1.23 bits per heavy atom. The van der Waals surface area contributed by atoms with Gasteiger partial charge in [0.2, 0.25) is 11.1 Å². The number of nitrogens with zero attached hydrogens (tertiary/aromatic N) is 5. The van der Waals surface area contributed by atoms with Crippen molar-refractivity contribution < 1.29 is 4.79 Å². The first kappa shape index (κ1) is 19.4. The molecule has 1 aliphatic carbocycles. The van der Waals surface area contributed by atoms with Crippen molar-refractivity contribution >= 4 is 56.2 Å². The maximum absolute atomic E-state index is 12.9. The van der Waals surface area contributed by atoms with Gasteiger partial charge in [0.15, 0.2) is 10.8 Å². The Balaban J connectivity index is 1.37. The van der Waals surface area contributed by atoms with Crippen molar-refractivity contribution in [2.24, 2.45) is 7.05 Å². The van der Waals surface area contributed by atoms with Crippen LogP contribution in [-0.2, 0) is 24.7 Å².